The summed E-state index contributed by atoms with van der Waals surface area (Å²) >= 11 is 0. The average molecular weight is 262 g/mol. The second-order valence-corrected chi connectivity index (χ2v) is 4.91. The average Bonchev–Trinajstić information content (AvgIpc) is 2.30. The van der Waals surface area contributed by atoms with Crippen LogP contribution in [0.5, 0.6) is 0 Å². The SMILES string of the molecule is CC(C)(C)NOC(=O)C(N)CNC(=O)C(N)CO. The van der Waals surface area contributed by atoms with Crippen molar-refractivity contribution in [2.24, 2.45) is 11.5 Å². The minimum absolute atomic E-state index is 0.114. The maximum absolute atomic E-state index is 11.4. The van der Waals surface area contributed by atoms with Crippen LogP contribution in [0.25, 0.3) is 0 Å². The number of aliphatic hydroxyl groups excluding tert-OH is 1. The molecule has 0 aliphatic rings. The number of hydrogen-bond acceptors (Lipinski definition) is 7. The molecule has 106 valence electrons. The first-order chi connectivity index (χ1) is 8.17. The molecule has 0 spiro atoms. The van der Waals surface area contributed by atoms with Gasteiger partial charge in [0.05, 0.1) is 6.61 Å². The zero-order chi connectivity index (χ0) is 14.3. The molecule has 0 fully saturated rings. The lowest BCUT2D eigenvalue weighted by Crippen LogP contribution is -2.50. The third kappa shape index (κ3) is 7.17. The van der Waals surface area contributed by atoms with Crippen LogP contribution < -0.4 is 22.3 Å². The Kier molecular flexibility index (Phi) is 6.77. The molecule has 0 aliphatic heterocycles. The van der Waals surface area contributed by atoms with Gasteiger partial charge in [-0.25, -0.2) is 4.79 Å². The predicted molar refractivity (Wildman–Crippen MR) is 65.0 cm³/mol. The molecule has 18 heavy (non-hydrogen) atoms. The zero-order valence-corrected chi connectivity index (χ0v) is 10.9. The van der Waals surface area contributed by atoms with Gasteiger partial charge in [-0.05, 0) is 20.8 Å². The van der Waals surface area contributed by atoms with E-state index in [-0.39, 0.29) is 6.54 Å². The Labute approximate surface area is 106 Å². The number of hydroxylamine groups is 1. The first-order valence-electron chi connectivity index (χ1n) is 5.55. The summed E-state index contributed by atoms with van der Waals surface area (Å²) in [7, 11) is 0. The van der Waals surface area contributed by atoms with Gasteiger partial charge in [0.25, 0.3) is 0 Å². The fraction of sp³-hybridized carbons (Fsp3) is 0.800. The fourth-order valence-electron chi connectivity index (χ4n) is 0.787. The number of nitrogens with one attached hydrogen (secondary N) is 2. The first-order valence-corrected chi connectivity index (χ1v) is 5.55. The number of amides is 1. The first kappa shape index (κ1) is 16.8. The van der Waals surface area contributed by atoms with E-state index < -0.39 is 36.1 Å². The number of nitrogens with two attached hydrogens (primary N) is 2. The number of carbonyl (C=O) groups is 2. The van der Waals surface area contributed by atoms with Gasteiger partial charge >= 0.3 is 5.97 Å². The molecule has 8 nitrogen and oxygen atoms in total. The lowest BCUT2D eigenvalue weighted by Gasteiger charge is -2.21. The molecule has 0 saturated carbocycles. The predicted octanol–water partition coefficient (Wildman–Crippen LogP) is -2.40. The van der Waals surface area contributed by atoms with Gasteiger partial charge in [0.15, 0.2) is 0 Å². The molecular formula is C10H22N4O4. The molecule has 0 aliphatic carbocycles. The highest BCUT2D eigenvalue weighted by Crippen LogP contribution is 1.98. The summed E-state index contributed by atoms with van der Waals surface area (Å²) in [5.74, 6) is -1.27. The van der Waals surface area contributed by atoms with Crippen LogP contribution in [0.4, 0.5) is 0 Å². The Bertz CT molecular complexity index is 290. The van der Waals surface area contributed by atoms with Crippen LogP contribution in [0.15, 0.2) is 0 Å². The summed E-state index contributed by atoms with van der Waals surface area (Å²) < 4.78 is 0. The van der Waals surface area contributed by atoms with Crippen molar-refractivity contribution in [2.75, 3.05) is 13.2 Å². The molecule has 2 atom stereocenters. The standard InChI is InChI=1S/C10H22N4O4/c1-10(2,3)14-18-9(17)6(11)4-13-8(16)7(12)5-15/h6-7,14-15H,4-5,11-12H2,1-3H3,(H,13,16). The van der Waals surface area contributed by atoms with Crippen molar-refractivity contribution in [1.29, 1.82) is 0 Å². The summed E-state index contributed by atoms with van der Waals surface area (Å²) in [6, 6.07) is -2.03. The van der Waals surface area contributed by atoms with Gasteiger partial charge in [-0.2, -0.15) is 0 Å². The van der Waals surface area contributed by atoms with E-state index >= 15 is 0 Å². The second-order valence-electron chi connectivity index (χ2n) is 4.91. The molecule has 0 heterocycles. The van der Waals surface area contributed by atoms with Crippen LogP contribution in [-0.2, 0) is 14.4 Å². The lowest BCUT2D eigenvalue weighted by molar-refractivity contribution is -0.156. The van der Waals surface area contributed by atoms with Crippen molar-refractivity contribution < 1.29 is 19.5 Å². The summed E-state index contributed by atoms with van der Waals surface area (Å²) in [6.07, 6.45) is 0. The van der Waals surface area contributed by atoms with Crippen molar-refractivity contribution in [1.82, 2.24) is 10.8 Å². The van der Waals surface area contributed by atoms with Gasteiger partial charge < -0.3 is 26.7 Å². The monoisotopic (exact) mass is 262 g/mol. The Morgan fingerprint density at radius 1 is 1.28 bits per heavy atom. The number of rotatable bonds is 6. The largest absolute Gasteiger partial charge is 0.394 e. The maximum atomic E-state index is 11.4. The maximum Gasteiger partial charge on any atom is 0.343 e. The Hall–Kier alpha value is -1.22. The van der Waals surface area contributed by atoms with Crippen LogP contribution in [0.3, 0.4) is 0 Å². The summed E-state index contributed by atoms with van der Waals surface area (Å²) in [6.45, 7) is 4.85. The van der Waals surface area contributed by atoms with Crippen LogP contribution in [0, 0.1) is 0 Å². The number of hydrogen-bond donors (Lipinski definition) is 5. The smallest absolute Gasteiger partial charge is 0.343 e. The van der Waals surface area contributed by atoms with Crippen molar-refractivity contribution in [3.8, 4) is 0 Å². The van der Waals surface area contributed by atoms with Gasteiger partial charge in [-0.3, -0.25) is 4.79 Å². The van der Waals surface area contributed by atoms with E-state index in [4.69, 9.17) is 21.4 Å². The molecule has 0 radical (unpaired) electrons. The van der Waals surface area contributed by atoms with Gasteiger partial charge in [0.1, 0.15) is 12.1 Å². The molecule has 0 aromatic carbocycles. The topological polar surface area (TPSA) is 140 Å². The highest BCUT2D eigenvalue weighted by Gasteiger charge is 2.20. The van der Waals surface area contributed by atoms with E-state index in [1.807, 2.05) is 20.8 Å². The second kappa shape index (κ2) is 7.27. The Morgan fingerprint density at radius 3 is 2.28 bits per heavy atom. The molecule has 0 aromatic heterocycles. The van der Waals surface area contributed by atoms with Crippen LogP contribution in [0.2, 0.25) is 0 Å². The molecule has 7 N–H and O–H groups in total. The van der Waals surface area contributed by atoms with Crippen LogP contribution in [0.1, 0.15) is 20.8 Å². The van der Waals surface area contributed by atoms with Crippen molar-refractivity contribution in [3.63, 3.8) is 0 Å². The van der Waals surface area contributed by atoms with Gasteiger partial charge in [-0.15, -0.1) is 5.48 Å². The summed E-state index contributed by atoms with van der Waals surface area (Å²) in [4.78, 5) is 27.3. The molecule has 0 bridgehead atoms. The van der Waals surface area contributed by atoms with Gasteiger partial charge in [-0.1, -0.05) is 0 Å². The van der Waals surface area contributed by atoms with E-state index in [0.29, 0.717) is 0 Å². The normalized spacial score (nSPS) is 14.8. The Balaban J connectivity index is 3.99. The molecule has 0 aromatic rings. The van der Waals surface area contributed by atoms with E-state index in [1.165, 1.54) is 0 Å². The van der Waals surface area contributed by atoms with Crippen LogP contribution >= 0.6 is 0 Å². The third-order valence-electron chi connectivity index (χ3n) is 1.79. The highest BCUT2D eigenvalue weighted by molar-refractivity contribution is 5.83. The zero-order valence-electron chi connectivity index (χ0n) is 10.9. The van der Waals surface area contributed by atoms with E-state index in [1.54, 1.807) is 0 Å². The summed E-state index contributed by atoms with van der Waals surface area (Å²) in [5, 5.41) is 11.0. The molecule has 1 amide bonds. The molecule has 0 saturated heterocycles. The van der Waals surface area contributed by atoms with E-state index in [9.17, 15) is 9.59 Å². The van der Waals surface area contributed by atoms with Gasteiger partial charge in [0, 0.05) is 12.1 Å². The van der Waals surface area contributed by atoms with E-state index in [2.05, 4.69) is 10.8 Å². The Morgan fingerprint density at radius 2 is 1.83 bits per heavy atom. The third-order valence-corrected chi connectivity index (χ3v) is 1.79. The fourth-order valence-corrected chi connectivity index (χ4v) is 0.787. The van der Waals surface area contributed by atoms with Crippen molar-refractivity contribution in [2.45, 2.75) is 38.4 Å². The quantitative estimate of drug-likeness (QED) is 0.336. The minimum atomic E-state index is -1.03. The number of carbonyl (C=O) groups excluding carboxylic acids is 2. The number of aliphatic hydroxyl groups is 1. The molecule has 8 heteroatoms. The van der Waals surface area contributed by atoms with E-state index in [0.717, 1.165) is 0 Å². The lowest BCUT2D eigenvalue weighted by atomic mass is 10.1. The van der Waals surface area contributed by atoms with Gasteiger partial charge in [0.2, 0.25) is 5.91 Å². The van der Waals surface area contributed by atoms with Crippen molar-refractivity contribution >= 4 is 11.9 Å². The molecule has 2 unspecified atom stereocenters. The molecule has 0 rings (SSSR count). The highest BCUT2D eigenvalue weighted by atomic mass is 16.7. The van der Waals surface area contributed by atoms with Crippen LogP contribution in [-0.4, -0.2) is 47.8 Å². The van der Waals surface area contributed by atoms with Crippen molar-refractivity contribution in [3.05, 3.63) is 0 Å². The summed E-state index contributed by atoms with van der Waals surface area (Å²) in [5.41, 5.74) is 12.9. The molecular weight excluding hydrogens is 240 g/mol. The minimum Gasteiger partial charge on any atom is -0.394 e.